The lowest BCUT2D eigenvalue weighted by Crippen LogP contribution is -2.22. The molecular formula is C16H19N3O5. The molecule has 3 rings (SSSR count). The molecule has 1 aromatic rings. The zero-order valence-corrected chi connectivity index (χ0v) is 13.2. The molecule has 128 valence electrons. The number of hydrogen-bond donors (Lipinski definition) is 3. The van der Waals surface area contributed by atoms with Gasteiger partial charge in [-0.05, 0) is 24.2 Å². The van der Waals surface area contributed by atoms with Crippen molar-refractivity contribution in [2.45, 2.75) is 32.6 Å². The summed E-state index contributed by atoms with van der Waals surface area (Å²) < 4.78 is 0. The summed E-state index contributed by atoms with van der Waals surface area (Å²) in [4.78, 5) is 22.3. The molecule has 0 aromatic heterocycles. The van der Waals surface area contributed by atoms with E-state index in [1.54, 1.807) is 0 Å². The first-order valence-corrected chi connectivity index (χ1v) is 7.88. The number of fused-ring (bicyclic) bond motifs is 1. The fraction of sp³-hybridized carbons (Fsp3) is 0.500. The van der Waals surface area contributed by atoms with Crippen LogP contribution in [0.5, 0.6) is 11.5 Å². The summed E-state index contributed by atoms with van der Waals surface area (Å²) in [6.45, 7) is 2.12. The maximum absolute atomic E-state index is 12.2. The summed E-state index contributed by atoms with van der Waals surface area (Å²) in [6, 6.07) is 1.87. The first-order chi connectivity index (χ1) is 11.3. The van der Waals surface area contributed by atoms with E-state index in [4.69, 9.17) is 0 Å². The number of aromatic hydroxyl groups is 2. The van der Waals surface area contributed by atoms with Gasteiger partial charge in [0, 0.05) is 23.6 Å². The van der Waals surface area contributed by atoms with E-state index in [1.165, 1.54) is 0 Å². The molecule has 0 heterocycles. The van der Waals surface area contributed by atoms with Gasteiger partial charge in [0.25, 0.3) is 0 Å². The molecule has 0 aliphatic heterocycles. The molecule has 2 aliphatic carbocycles. The van der Waals surface area contributed by atoms with Crippen molar-refractivity contribution in [1.82, 2.24) is 5.43 Å². The van der Waals surface area contributed by atoms with Crippen LogP contribution >= 0.6 is 0 Å². The van der Waals surface area contributed by atoms with Crippen molar-refractivity contribution in [3.63, 3.8) is 0 Å². The monoisotopic (exact) mass is 333 g/mol. The van der Waals surface area contributed by atoms with Crippen LogP contribution in [0.25, 0.3) is 0 Å². The Labute approximate surface area is 138 Å². The van der Waals surface area contributed by atoms with E-state index in [9.17, 15) is 25.1 Å². The van der Waals surface area contributed by atoms with E-state index in [-0.39, 0.29) is 28.6 Å². The molecule has 0 radical (unpaired) electrons. The summed E-state index contributed by atoms with van der Waals surface area (Å²) in [5.41, 5.74) is 2.02. The number of carbonyl (C=O) groups is 1. The SMILES string of the molecule is C[C@]12CCCC[C@H]1[C@@H]2C(=O)N/N=C\c1cc([N+](=O)[O-])c(O)cc1O. The van der Waals surface area contributed by atoms with Gasteiger partial charge in [0.05, 0.1) is 11.1 Å². The highest BCUT2D eigenvalue weighted by molar-refractivity contribution is 5.88. The van der Waals surface area contributed by atoms with Crippen LogP contribution in [0.3, 0.4) is 0 Å². The minimum Gasteiger partial charge on any atom is -0.507 e. The first-order valence-electron chi connectivity index (χ1n) is 7.88. The summed E-state index contributed by atoms with van der Waals surface area (Å²) in [6.07, 6.45) is 5.53. The quantitative estimate of drug-likeness (QED) is 0.443. The fourth-order valence-corrected chi connectivity index (χ4v) is 3.92. The van der Waals surface area contributed by atoms with Gasteiger partial charge in [-0.15, -0.1) is 0 Å². The van der Waals surface area contributed by atoms with Crippen molar-refractivity contribution in [3.05, 3.63) is 27.8 Å². The predicted octanol–water partition coefficient (Wildman–Crippen LogP) is 2.28. The van der Waals surface area contributed by atoms with Crippen molar-refractivity contribution in [2.24, 2.45) is 22.4 Å². The van der Waals surface area contributed by atoms with Gasteiger partial charge in [0.2, 0.25) is 5.91 Å². The second-order valence-electron chi connectivity index (χ2n) is 6.73. The highest BCUT2D eigenvalue weighted by Gasteiger charge is 2.64. The third kappa shape index (κ3) is 2.68. The van der Waals surface area contributed by atoms with E-state index in [1.807, 2.05) is 0 Å². The second-order valence-corrected chi connectivity index (χ2v) is 6.73. The molecular weight excluding hydrogens is 314 g/mol. The van der Waals surface area contributed by atoms with Crippen LogP contribution in [-0.2, 0) is 4.79 Å². The highest BCUT2D eigenvalue weighted by atomic mass is 16.6. The average Bonchev–Trinajstić information content (AvgIpc) is 3.14. The number of amides is 1. The molecule has 2 saturated carbocycles. The second kappa shape index (κ2) is 5.77. The molecule has 2 aliphatic rings. The van der Waals surface area contributed by atoms with Gasteiger partial charge in [-0.2, -0.15) is 5.10 Å². The van der Waals surface area contributed by atoms with Crippen LogP contribution in [-0.4, -0.2) is 27.3 Å². The van der Waals surface area contributed by atoms with Crippen molar-refractivity contribution in [3.8, 4) is 11.5 Å². The van der Waals surface area contributed by atoms with Gasteiger partial charge in [-0.1, -0.05) is 19.8 Å². The van der Waals surface area contributed by atoms with Crippen molar-refractivity contribution in [2.75, 3.05) is 0 Å². The average molecular weight is 333 g/mol. The zero-order valence-electron chi connectivity index (χ0n) is 13.2. The lowest BCUT2D eigenvalue weighted by atomic mass is 9.90. The number of nitro benzene ring substituents is 1. The number of carbonyl (C=O) groups excluding carboxylic acids is 1. The minimum absolute atomic E-state index is 0.0409. The van der Waals surface area contributed by atoms with E-state index in [0.29, 0.717) is 5.92 Å². The Hall–Kier alpha value is -2.64. The third-order valence-corrected chi connectivity index (χ3v) is 5.31. The van der Waals surface area contributed by atoms with Gasteiger partial charge >= 0.3 is 5.69 Å². The number of nitrogens with zero attached hydrogens (tertiary/aromatic N) is 2. The van der Waals surface area contributed by atoms with Crippen molar-refractivity contribution >= 4 is 17.8 Å². The Kier molecular flexibility index (Phi) is 3.90. The maximum Gasteiger partial charge on any atom is 0.311 e. The van der Waals surface area contributed by atoms with E-state index in [0.717, 1.165) is 44.0 Å². The fourth-order valence-electron chi connectivity index (χ4n) is 3.92. The molecule has 8 heteroatoms. The molecule has 8 nitrogen and oxygen atoms in total. The van der Waals surface area contributed by atoms with Crippen molar-refractivity contribution in [1.29, 1.82) is 0 Å². The number of rotatable bonds is 4. The van der Waals surface area contributed by atoms with E-state index < -0.39 is 16.4 Å². The Morgan fingerprint density at radius 2 is 2.17 bits per heavy atom. The van der Waals surface area contributed by atoms with E-state index in [2.05, 4.69) is 17.5 Å². The largest absolute Gasteiger partial charge is 0.507 e. The molecule has 0 unspecified atom stereocenters. The van der Waals surface area contributed by atoms with E-state index >= 15 is 0 Å². The highest BCUT2D eigenvalue weighted by Crippen LogP contribution is 2.66. The number of nitrogens with one attached hydrogen (secondary N) is 1. The number of hydrazone groups is 1. The van der Waals surface area contributed by atoms with Gasteiger partial charge in [-0.3, -0.25) is 14.9 Å². The van der Waals surface area contributed by atoms with Gasteiger partial charge in [0.1, 0.15) is 5.75 Å². The molecule has 1 aromatic carbocycles. The lowest BCUT2D eigenvalue weighted by Gasteiger charge is -2.15. The smallest absolute Gasteiger partial charge is 0.311 e. The standard InChI is InChI=1S/C16H19N3O5/c1-16-5-3-2-4-10(16)14(16)15(22)18-17-8-9-6-11(19(23)24)13(21)7-12(9)20/h6-8,10,14,20-21H,2-5H2,1H3,(H,18,22)/b17-8-/t10-,14+,16-/m0/s1. The molecule has 0 bridgehead atoms. The molecule has 1 amide bonds. The predicted molar refractivity (Wildman–Crippen MR) is 85.7 cm³/mol. The Bertz CT molecular complexity index is 733. The lowest BCUT2D eigenvalue weighted by molar-refractivity contribution is -0.385. The third-order valence-electron chi connectivity index (χ3n) is 5.31. The normalized spacial score (nSPS) is 28.4. The number of benzene rings is 1. The molecule has 3 atom stereocenters. The van der Waals surface area contributed by atoms with Gasteiger partial charge < -0.3 is 10.2 Å². The summed E-state index contributed by atoms with van der Waals surface area (Å²) in [7, 11) is 0. The summed E-state index contributed by atoms with van der Waals surface area (Å²) >= 11 is 0. The maximum atomic E-state index is 12.2. The first kappa shape index (κ1) is 16.2. The summed E-state index contributed by atoms with van der Waals surface area (Å²) in [5, 5.41) is 33.7. The molecule has 0 saturated heterocycles. The van der Waals surface area contributed by atoms with Gasteiger partial charge in [0.15, 0.2) is 5.75 Å². The Morgan fingerprint density at radius 3 is 2.79 bits per heavy atom. The van der Waals surface area contributed by atoms with Crippen LogP contribution in [0.4, 0.5) is 5.69 Å². The Balaban J connectivity index is 1.68. The Morgan fingerprint density at radius 1 is 1.42 bits per heavy atom. The molecule has 2 fully saturated rings. The van der Waals surface area contributed by atoms with Crippen LogP contribution in [0.2, 0.25) is 0 Å². The number of phenolic OH excluding ortho intramolecular Hbond substituents is 2. The summed E-state index contributed by atoms with van der Waals surface area (Å²) in [5.74, 6) is -0.783. The number of hydrogen-bond acceptors (Lipinski definition) is 6. The molecule has 24 heavy (non-hydrogen) atoms. The van der Waals surface area contributed by atoms with Crippen LogP contribution in [0.15, 0.2) is 17.2 Å². The zero-order chi connectivity index (χ0) is 17.5. The number of nitro groups is 1. The van der Waals surface area contributed by atoms with Crippen LogP contribution in [0.1, 0.15) is 38.2 Å². The minimum atomic E-state index is -0.763. The number of phenols is 2. The molecule has 3 N–H and O–H groups in total. The van der Waals surface area contributed by atoms with Crippen LogP contribution < -0.4 is 5.43 Å². The van der Waals surface area contributed by atoms with Crippen molar-refractivity contribution < 1.29 is 19.9 Å². The topological polar surface area (TPSA) is 125 Å². The van der Waals surface area contributed by atoms with Gasteiger partial charge in [-0.25, -0.2) is 5.43 Å². The molecule has 0 spiro atoms. The van der Waals surface area contributed by atoms with Crippen LogP contribution in [0, 0.1) is 27.4 Å².